The fraction of sp³-hybridized carbons (Fsp3) is 0.316. The molecule has 1 spiro atoms. The number of alkyl halides is 2. The van der Waals surface area contributed by atoms with Gasteiger partial charge in [0.1, 0.15) is 19.1 Å². The first-order valence-electron chi connectivity index (χ1n) is 8.54. The number of aromatic nitrogens is 1. The highest BCUT2D eigenvalue weighted by Gasteiger charge is 2.58. The Labute approximate surface area is 165 Å². The van der Waals surface area contributed by atoms with E-state index in [1.165, 1.54) is 18.1 Å². The molecule has 0 bridgehead atoms. The summed E-state index contributed by atoms with van der Waals surface area (Å²) < 4.78 is 33.2. The Bertz CT molecular complexity index is 996. The molecule has 1 amide bonds. The molecule has 4 rings (SSSR count). The molecule has 0 aliphatic carbocycles. The van der Waals surface area contributed by atoms with E-state index in [2.05, 4.69) is 9.98 Å². The van der Waals surface area contributed by atoms with Crippen LogP contribution < -0.4 is 10.5 Å². The minimum Gasteiger partial charge on any atom is -0.481 e. The molecule has 2 aliphatic heterocycles. The maximum absolute atomic E-state index is 13.8. The molecule has 0 fully saturated rings. The van der Waals surface area contributed by atoms with Crippen LogP contribution in [0.5, 0.6) is 5.75 Å². The Hall–Kier alpha value is -2.74. The van der Waals surface area contributed by atoms with Crippen molar-refractivity contribution in [1.29, 1.82) is 0 Å². The number of hydrogen-bond acceptors (Lipinski definition) is 5. The molecule has 28 heavy (non-hydrogen) atoms. The molecule has 1 aromatic heterocycles. The van der Waals surface area contributed by atoms with E-state index < -0.39 is 30.4 Å². The second kappa shape index (κ2) is 6.41. The zero-order chi connectivity index (χ0) is 20.1. The number of carbonyl (C=O) groups excluding carboxylic acids is 1. The molecule has 1 atom stereocenters. The van der Waals surface area contributed by atoms with Crippen LogP contribution in [0.25, 0.3) is 11.1 Å². The molecule has 0 saturated carbocycles. The zero-order valence-corrected chi connectivity index (χ0v) is 15.7. The third-order valence-corrected chi connectivity index (χ3v) is 5.37. The molecule has 2 N–H and O–H groups in total. The van der Waals surface area contributed by atoms with Gasteiger partial charge < -0.3 is 10.5 Å². The first kappa shape index (κ1) is 18.6. The second-order valence-electron chi connectivity index (χ2n) is 7.03. The van der Waals surface area contributed by atoms with Crippen LogP contribution in [0.3, 0.4) is 0 Å². The van der Waals surface area contributed by atoms with Crippen LogP contribution in [0, 0.1) is 0 Å². The van der Waals surface area contributed by atoms with Crippen molar-refractivity contribution in [3.05, 3.63) is 47.2 Å². The molecule has 2 aliphatic rings. The van der Waals surface area contributed by atoms with Gasteiger partial charge in [0, 0.05) is 37.0 Å². The lowest BCUT2D eigenvalue weighted by Gasteiger charge is -2.42. The number of aliphatic imine (C=N–C) groups is 1. The predicted octanol–water partition coefficient (Wildman–Crippen LogP) is 2.84. The number of nitrogens with zero attached hydrogens (tertiary/aromatic N) is 3. The summed E-state index contributed by atoms with van der Waals surface area (Å²) in [6.07, 6.45) is 2.84. The van der Waals surface area contributed by atoms with Crippen LogP contribution in [0.4, 0.5) is 8.78 Å². The molecule has 146 valence electrons. The first-order chi connectivity index (χ1) is 13.3. The van der Waals surface area contributed by atoms with Gasteiger partial charge in [-0.25, -0.2) is 13.8 Å². The summed E-state index contributed by atoms with van der Waals surface area (Å²) in [5.41, 5.74) is 4.36. The number of hydrogen-bond donors (Lipinski definition) is 1. The minimum atomic E-state index is -1.79. The van der Waals surface area contributed by atoms with Gasteiger partial charge in [0.25, 0.3) is 5.91 Å². The lowest BCUT2D eigenvalue weighted by atomic mass is 9.76. The van der Waals surface area contributed by atoms with E-state index in [-0.39, 0.29) is 18.1 Å². The molecular formula is C19H17ClF2N4O2. The van der Waals surface area contributed by atoms with Crippen molar-refractivity contribution in [3.8, 4) is 16.9 Å². The first-order valence-corrected chi connectivity index (χ1v) is 8.92. The molecule has 1 aromatic carbocycles. The molecule has 1 unspecified atom stereocenters. The molecule has 3 heterocycles. The van der Waals surface area contributed by atoms with Crippen LogP contribution in [-0.4, -0.2) is 47.7 Å². The SMILES string of the molecule is CN1C(=O)C2(CC(CF)(CF)Oc3ccc(-c4cncc(Cl)c4)cc32)N=C1N. The van der Waals surface area contributed by atoms with E-state index in [9.17, 15) is 13.6 Å². The van der Waals surface area contributed by atoms with Crippen molar-refractivity contribution in [1.82, 2.24) is 9.88 Å². The summed E-state index contributed by atoms with van der Waals surface area (Å²) in [6.45, 7) is -2.20. The summed E-state index contributed by atoms with van der Waals surface area (Å²) in [6, 6.07) is 6.71. The maximum Gasteiger partial charge on any atom is 0.261 e. The predicted molar refractivity (Wildman–Crippen MR) is 101 cm³/mol. The summed E-state index contributed by atoms with van der Waals surface area (Å²) >= 11 is 6.03. The van der Waals surface area contributed by atoms with E-state index in [0.717, 1.165) is 0 Å². The normalized spacial score (nSPS) is 22.8. The Kier molecular flexibility index (Phi) is 4.26. The highest BCUT2D eigenvalue weighted by atomic mass is 35.5. The lowest BCUT2D eigenvalue weighted by Crippen LogP contribution is -2.54. The number of amides is 1. The third kappa shape index (κ3) is 2.63. The average Bonchev–Trinajstić information content (AvgIpc) is 2.91. The smallest absolute Gasteiger partial charge is 0.261 e. The molecule has 6 nitrogen and oxygen atoms in total. The number of nitrogens with two attached hydrogens (primary N) is 1. The van der Waals surface area contributed by atoms with Gasteiger partial charge in [-0.15, -0.1) is 0 Å². The molecular weight excluding hydrogens is 390 g/mol. The van der Waals surface area contributed by atoms with Gasteiger partial charge in [-0.3, -0.25) is 14.7 Å². The number of guanidine groups is 1. The fourth-order valence-corrected chi connectivity index (χ4v) is 3.87. The number of carbonyl (C=O) groups is 1. The van der Waals surface area contributed by atoms with Crippen molar-refractivity contribution in [2.45, 2.75) is 17.6 Å². The third-order valence-electron chi connectivity index (χ3n) is 5.16. The fourth-order valence-electron chi connectivity index (χ4n) is 3.70. The van der Waals surface area contributed by atoms with Gasteiger partial charge in [-0.05, 0) is 23.8 Å². The standard InChI is InChI=1S/C19H17ClF2N4O2/c1-26-16(27)19(25-17(26)23)8-18(9-21,10-22)28-15-3-2-11(5-14(15)19)12-4-13(20)7-24-6-12/h2-7H,8-10H2,1H3,(H2,23,25). The van der Waals surface area contributed by atoms with Gasteiger partial charge in [-0.1, -0.05) is 17.7 Å². The highest BCUT2D eigenvalue weighted by molar-refractivity contribution is 6.30. The Balaban J connectivity index is 1.93. The van der Waals surface area contributed by atoms with Crippen LogP contribution in [0.15, 0.2) is 41.7 Å². The molecule has 0 radical (unpaired) electrons. The van der Waals surface area contributed by atoms with Crippen LogP contribution in [0.1, 0.15) is 12.0 Å². The Morgan fingerprint density at radius 3 is 2.61 bits per heavy atom. The zero-order valence-electron chi connectivity index (χ0n) is 15.0. The average molecular weight is 407 g/mol. The highest BCUT2D eigenvalue weighted by Crippen LogP contribution is 2.50. The second-order valence-corrected chi connectivity index (χ2v) is 7.46. The van der Waals surface area contributed by atoms with Crippen molar-refractivity contribution in [2.24, 2.45) is 10.7 Å². The maximum atomic E-state index is 13.8. The van der Waals surface area contributed by atoms with E-state index in [0.29, 0.717) is 21.7 Å². The number of pyridine rings is 1. The van der Waals surface area contributed by atoms with Gasteiger partial charge in [0.15, 0.2) is 17.1 Å². The van der Waals surface area contributed by atoms with Gasteiger partial charge >= 0.3 is 0 Å². The Morgan fingerprint density at radius 1 is 1.25 bits per heavy atom. The number of rotatable bonds is 3. The molecule has 0 saturated heterocycles. The Morgan fingerprint density at radius 2 is 2.00 bits per heavy atom. The number of likely N-dealkylation sites (N-methyl/N-ethyl adjacent to an activating group) is 1. The number of ether oxygens (including phenoxy) is 1. The topological polar surface area (TPSA) is 80.8 Å². The van der Waals surface area contributed by atoms with E-state index >= 15 is 0 Å². The summed E-state index contributed by atoms with van der Waals surface area (Å²) in [4.78, 5) is 22.7. The summed E-state index contributed by atoms with van der Waals surface area (Å²) in [7, 11) is 1.47. The summed E-state index contributed by atoms with van der Waals surface area (Å²) in [5.74, 6) is -0.276. The number of benzene rings is 1. The van der Waals surface area contributed by atoms with Crippen molar-refractivity contribution in [2.75, 3.05) is 20.4 Å². The van der Waals surface area contributed by atoms with Crippen LogP contribution in [0.2, 0.25) is 5.02 Å². The van der Waals surface area contributed by atoms with Crippen molar-refractivity contribution >= 4 is 23.5 Å². The van der Waals surface area contributed by atoms with E-state index in [4.69, 9.17) is 22.1 Å². The van der Waals surface area contributed by atoms with Crippen molar-refractivity contribution < 1.29 is 18.3 Å². The lowest BCUT2D eigenvalue weighted by molar-refractivity contribution is -0.135. The van der Waals surface area contributed by atoms with Gasteiger partial charge in [-0.2, -0.15) is 0 Å². The summed E-state index contributed by atoms with van der Waals surface area (Å²) in [5, 5.41) is 0.453. The number of halogens is 3. The van der Waals surface area contributed by atoms with Crippen LogP contribution in [-0.2, 0) is 10.3 Å². The minimum absolute atomic E-state index is 0.0145. The van der Waals surface area contributed by atoms with E-state index in [1.54, 1.807) is 30.5 Å². The molecule has 9 heteroatoms. The van der Waals surface area contributed by atoms with Crippen LogP contribution >= 0.6 is 11.6 Å². The van der Waals surface area contributed by atoms with Crippen molar-refractivity contribution in [3.63, 3.8) is 0 Å². The quantitative estimate of drug-likeness (QED) is 0.849. The largest absolute Gasteiger partial charge is 0.481 e. The van der Waals surface area contributed by atoms with Gasteiger partial charge in [0.05, 0.1) is 5.02 Å². The number of fused-ring (bicyclic) bond motifs is 2. The molecule has 2 aromatic rings. The van der Waals surface area contributed by atoms with E-state index in [1.807, 2.05) is 0 Å². The monoisotopic (exact) mass is 406 g/mol. The van der Waals surface area contributed by atoms with Gasteiger partial charge in [0.2, 0.25) is 0 Å².